The maximum absolute atomic E-state index is 5.73. The van der Waals surface area contributed by atoms with Crippen molar-refractivity contribution < 1.29 is 14.0 Å². The van der Waals surface area contributed by atoms with E-state index in [4.69, 9.17) is 31.2 Å². The van der Waals surface area contributed by atoms with Crippen LogP contribution in [0.3, 0.4) is 0 Å². The minimum Gasteiger partial charge on any atom is -0.497 e. The zero-order valence-electron chi connectivity index (χ0n) is 17.9. The summed E-state index contributed by atoms with van der Waals surface area (Å²) in [5, 5.41) is 8.31. The maximum Gasteiger partial charge on any atom is 0.258 e. The quantitative estimate of drug-likeness (QED) is 0.569. The summed E-state index contributed by atoms with van der Waals surface area (Å²) in [7, 11) is 3.28. The molecule has 2 aromatic carbocycles. The summed E-state index contributed by atoms with van der Waals surface area (Å²) in [6.07, 6.45) is 0. The standard InChI is InChI=1S/C23H24N4O3S/c1-5-27-14(2)19(20(24-23(27)31)15-6-10-17(28-3)11-7-15)22-25-21(26-30-22)16-8-12-18(29-4)13-9-16/h6-13,20H,5H2,1-4H3,(H,24,31). The lowest BCUT2D eigenvalue weighted by Gasteiger charge is -2.36. The second kappa shape index (κ2) is 8.77. The van der Waals surface area contributed by atoms with Gasteiger partial charge in [-0.2, -0.15) is 4.98 Å². The van der Waals surface area contributed by atoms with Crippen molar-refractivity contribution >= 4 is 22.9 Å². The number of hydrogen-bond donors (Lipinski definition) is 1. The molecule has 0 spiro atoms. The first-order chi connectivity index (χ1) is 15.0. The number of thiocarbonyl (C=S) groups is 1. The number of rotatable bonds is 6. The minimum atomic E-state index is -0.217. The van der Waals surface area contributed by atoms with Crippen LogP contribution in [0.2, 0.25) is 0 Å². The summed E-state index contributed by atoms with van der Waals surface area (Å²) in [6.45, 7) is 4.81. The van der Waals surface area contributed by atoms with Gasteiger partial charge in [-0.05, 0) is 68.0 Å². The molecule has 0 fully saturated rings. The summed E-state index contributed by atoms with van der Waals surface area (Å²) in [5.74, 6) is 2.54. The molecule has 2 heterocycles. The van der Waals surface area contributed by atoms with Crippen molar-refractivity contribution in [1.29, 1.82) is 0 Å². The summed E-state index contributed by atoms with van der Waals surface area (Å²) in [6, 6.07) is 15.2. The number of ether oxygens (including phenoxy) is 2. The lowest BCUT2D eigenvalue weighted by Crippen LogP contribution is -2.45. The molecule has 0 radical (unpaired) electrons. The van der Waals surface area contributed by atoms with E-state index in [2.05, 4.69) is 17.4 Å². The molecule has 31 heavy (non-hydrogen) atoms. The number of aromatic nitrogens is 2. The van der Waals surface area contributed by atoms with Gasteiger partial charge in [-0.3, -0.25) is 0 Å². The molecule has 8 heteroatoms. The Hall–Kier alpha value is -3.39. The second-order valence-corrected chi connectivity index (χ2v) is 7.44. The molecule has 3 aromatic rings. The highest BCUT2D eigenvalue weighted by molar-refractivity contribution is 7.80. The topological polar surface area (TPSA) is 72.7 Å². The number of methoxy groups -OCH3 is 2. The van der Waals surface area contributed by atoms with Gasteiger partial charge in [0, 0.05) is 17.8 Å². The van der Waals surface area contributed by atoms with E-state index >= 15 is 0 Å². The molecule has 0 amide bonds. The molecule has 160 valence electrons. The van der Waals surface area contributed by atoms with Crippen LogP contribution in [0.4, 0.5) is 0 Å². The van der Waals surface area contributed by atoms with Crippen LogP contribution in [-0.4, -0.2) is 40.9 Å². The monoisotopic (exact) mass is 436 g/mol. The molecule has 0 saturated heterocycles. The van der Waals surface area contributed by atoms with Gasteiger partial charge in [0.05, 0.1) is 25.8 Å². The Balaban J connectivity index is 1.76. The van der Waals surface area contributed by atoms with E-state index in [0.29, 0.717) is 16.8 Å². The van der Waals surface area contributed by atoms with Crippen LogP contribution in [0.5, 0.6) is 11.5 Å². The van der Waals surface area contributed by atoms with Gasteiger partial charge < -0.3 is 24.2 Å². The van der Waals surface area contributed by atoms with Crippen LogP contribution in [0.25, 0.3) is 17.0 Å². The first kappa shape index (κ1) is 20.9. The Morgan fingerprint density at radius 3 is 2.23 bits per heavy atom. The lowest BCUT2D eigenvalue weighted by molar-refractivity contribution is 0.398. The molecular formula is C23H24N4O3S. The molecule has 0 aliphatic carbocycles. The Labute approximate surface area is 186 Å². The number of hydrogen-bond acceptors (Lipinski definition) is 6. The predicted octanol–water partition coefficient (Wildman–Crippen LogP) is 4.44. The molecule has 0 bridgehead atoms. The third-order valence-electron chi connectivity index (χ3n) is 5.37. The number of nitrogens with zero attached hydrogens (tertiary/aromatic N) is 3. The van der Waals surface area contributed by atoms with Crippen molar-refractivity contribution in [2.45, 2.75) is 19.9 Å². The summed E-state index contributed by atoms with van der Waals surface area (Å²) in [5.41, 5.74) is 3.75. The first-order valence-electron chi connectivity index (χ1n) is 9.97. The van der Waals surface area contributed by atoms with Crippen LogP contribution < -0.4 is 14.8 Å². The highest BCUT2D eigenvalue weighted by Gasteiger charge is 2.33. The van der Waals surface area contributed by atoms with Gasteiger partial charge >= 0.3 is 0 Å². The van der Waals surface area contributed by atoms with Gasteiger partial charge in [0.25, 0.3) is 5.89 Å². The second-order valence-electron chi connectivity index (χ2n) is 7.05. The van der Waals surface area contributed by atoms with Crippen LogP contribution in [0.15, 0.2) is 58.8 Å². The van der Waals surface area contributed by atoms with Crippen LogP contribution in [0.1, 0.15) is 31.3 Å². The zero-order valence-corrected chi connectivity index (χ0v) is 18.7. The zero-order chi connectivity index (χ0) is 22.0. The molecule has 7 nitrogen and oxygen atoms in total. The van der Waals surface area contributed by atoms with E-state index in [-0.39, 0.29) is 6.04 Å². The summed E-state index contributed by atoms with van der Waals surface area (Å²) >= 11 is 5.61. The Bertz CT molecular complexity index is 1110. The van der Waals surface area contributed by atoms with Crippen LogP contribution in [0, 0.1) is 0 Å². The van der Waals surface area contributed by atoms with E-state index in [0.717, 1.165) is 40.4 Å². The van der Waals surface area contributed by atoms with Crippen molar-refractivity contribution in [3.63, 3.8) is 0 Å². The van der Waals surface area contributed by atoms with Gasteiger partial charge in [0.15, 0.2) is 5.11 Å². The van der Waals surface area contributed by atoms with Crippen molar-refractivity contribution in [2.24, 2.45) is 0 Å². The van der Waals surface area contributed by atoms with Crippen molar-refractivity contribution in [3.8, 4) is 22.9 Å². The highest BCUT2D eigenvalue weighted by Crippen LogP contribution is 2.37. The minimum absolute atomic E-state index is 0.217. The molecule has 1 aromatic heterocycles. The van der Waals surface area contributed by atoms with Crippen LogP contribution in [-0.2, 0) is 0 Å². The van der Waals surface area contributed by atoms with Crippen molar-refractivity contribution in [3.05, 3.63) is 65.7 Å². The van der Waals surface area contributed by atoms with Gasteiger partial charge in [0.2, 0.25) is 5.82 Å². The molecule has 1 N–H and O–H groups in total. The van der Waals surface area contributed by atoms with Gasteiger partial charge in [0.1, 0.15) is 11.5 Å². The average molecular weight is 437 g/mol. The number of benzene rings is 2. The SMILES string of the molecule is CCN1C(=S)NC(c2ccc(OC)cc2)C(c2nc(-c3ccc(OC)cc3)no2)=C1C. The molecule has 1 aliphatic rings. The van der Waals surface area contributed by atoms with Gasteiger partial charge in [-0.15, -0.1) is 0 Å². The summed E-state index contributed by atoms with van der Waals surface area (Å²) < 4.78 is 16.2. The van der Waals surface area contributed by atoms with Crippen molar-refractivity contribution in [1.82, 2.24) is 20.4 Å². The third kappa shape index (κ3) is 3.98. The van der Waals surface area contributed by atoms with Crippen LogP contribution >= 0.6 is 12.2 Å². The Kier molecular flexibility index (Phi) is 5.90. The van der Waals surface area contributed by atoms with E-state index in [1.807, 2.05) is 60.4 Å². The van der Waals surface area contributed by atoms with E-state index < -0.39 is 0 Å². The Morgan fingerprint density at radius 1 is 1.03 bits per heavy atom. The number of nitrogens with one attached hydrogen (secondary N) is 1. The Morgan fingerprint density at radius 2 is 1.65 bits per heavy atom. The molecular weight excluding hydrogens is 412 g/mol. The normalized spacial score (nSPS) is 16.3. The smallest absolute Gasteiger partial charge is 0.258 e. The molecule has 1 aliphatic heterocycles. The first-order valence-corrected chi connectivity index (χ1v) is 10.4. The average Bonchev–Trinajstić information content (AvgIpc) is 3.29. The molecule has 1 unspecified atom stereocenters. The fraction of sp³-hybridized carbons (Fsp3) is 0.261. The maximum atomic E-state index is 5.73. The lowest BCUT2D eigenvalue weighted by atomic mass is 9.94. The van der Waals surface area contributed by atoms with Gasteiger partial charge in [-0.25, -0.2) is 0 Å². The number of allylic oxidation sites excluding steroid dienone is 1. The summed E-state index contributed by atoms with van der Waals surface area (Å²) in [4.78, 5) is 6.73. The van der Waals surface area contributed by atoms with E-state index in [1.54, 1.807) is 14.2 Å². The molecule has 1 atom stereocenters. The molecule has 4 rings (SSSR count). The van der Waals surface area contributed by atoms with Crippen molar-refractivity contribution in [2.75, 3.05) is 20.8 Å². The fourth-order valence-corrected chi connectivity index (χ4v) is 4.06. The third-order valence-corrected chi connectivity index (χ3v) is 5.70. The van der Waals surface area contributed by atoms with E-state index in [1.165, 1.54) is 0 Å². The van der Waals surface area contributed by atoms with E-state index in [9.17, 15) is 0 Å². The highest BCUT2D eigenvalue weighted by atomic mass is 32.1. The molecule has 0 saturated carbocycles. The largest absolute Gasteiger partial charge is 0.497 e. The van der Waals surface area contributed by atoms with Gasteiger partial charge in [-0.1, -0.05) is 17.3 Å². The predicted molar refractivity (Wildman–Crippen MR) is 123 cm³/mol. The fourth-order valence-electron chi connectivity index (χ4n) is 3.68.